The molecule has 1 fully saturated rings. The van der Waals surface area contributed by atoms with Crippen molar-refractivity contribution in [2.75, 3.05) is 18.0 Å². The van der Waals surface area contributed by atoms with E-state index in [2.05, 4.69) is 46.9 Å². The van der Waals surface area contributed by atoms with Gasteiger partial charge in [-0.1, -0.05) is 56.5 Å². The van der Waals surface area contributed by atoms with Gasteiger partial charge in [-0.15, -0.1) is 10.2 Å². The van der Waals surface area contributed by atoms with Crippen LogP contribution in [0.1, 0.15) is 54.5 Å². The number of fused-ring (bicyclic) bond motifs is 1. The molecule has 0 saturated carbocycles. The van der Waals surface area contributed by atoms with Gasteiger partial charge in [0.15, 0.2) is 5.82 Å². The second-order valence-electron chi connectivity index (χ2n) is 11.2. The van der Waals surface area contributed by atoms with E-state index in [0.29, 0.717) is 34.6 Å². The lowest BCUT2D eigenvalue weighted by atomic mass is 9.91. The van der Waals surface area contributed by atoms with Gasteiger partial charge in [0.2, 0.25) is 11.9 Å². The van der Waals surface area contributed by atoms with Crippen LogP contribution < -0.4 is 10.2 Å². The molecule has 3 atom stereocenters. The van der Waals surface area contributed by atoms with Gasteiger partial charge in [0.1, 0.15) is 17.3 Å². The molecule has 2 aliphatic heterocycles. The molecule has 0 bridgehead atoms. The summed E-state index contributed by atoms with van der Waals surface area (Å²) in [6.45, 7) is 4.40. The Balaban J connectivity index is 1.30. The van der Waals surface area contributed by atoms with Crippen LogP contribution in [-0.2, 0) is 21.5 Å². The van der Waals surface area contributed by atoms with Crippen molar-refractivity contribution in [1.29, 1.82) is 0 Å². The predicted molar refractivity (Wildman–Crippen MR) is 167 cm³/mol. The second kappa shape index (κ2) is 11.9. The summed E-state index contributed by atoms with van der Waals surface area (Å²) in [6.07, 6.45) is 3.31. The van der Waals surface area contributed by atoms with Gasteiger partial charge in [0.25, 0.3) is 11.8 Å². The number of carbonyl (C=O) groups excluding carboxylic acids is 3. The molecule has 228 valence electrons. The molecule has 3 amide bonds. The number of benzene rings is 2. The number of H-pyrrole nitrogens is 1. The van der Waals surface area contributed by atoms with Gasteiger partial charge in [-0.05, 0) is 62.6 Å². The maximum absolute atomic E-state index is 14.2. The Morgan fingerprint density at radius 3 is 2.59 bits per heavy atom. The van der Waals surface area contributed by atoms with E-state index in [1.165, 1.54) is 11.1 Å². The van der Waals surface area contributed by atoms with Crippen molar-refractivity contribution in [3.05, 3.63) is 80.3 Å². The molecule has 0 aliphatic carbocycles. The molecule has 0 unspecified atom stereocenters. The normalized spacial score (nSPS) is 20.5. The average molecular weight is 701 g/mol. The zero-order valence-corrected chi connectivity index (χ0v) is 26.9. The van der Waals surface area contributed by atoms with Crippen molar-refractivity contribution in [1.82, 2.24) is 40.4 Å². The van der Waals surface area contributed by atoms with Gasteiger partial charge in [-0.2, -0.15) is 5.21 Å². The van der Waals surface area contributed by atoms with Crippen LogP contribution in [-0.4, -0.2) is 71.9 Å². The number of tetrazole rings is 1. The Morgan fingerprint density at radius 2 is 1.91 bits per heavy atom. The van der Waals surface area contributed by atoms with Crippen LogP contribution in [0.5, 0.6) is 0 Å². The summed E-state index contributed by atoms with van der Waals surface area (Å²) in [7, 11) is 0. The van der Waals surface area contributed by atoms with Crippen molar-refractivity contribution in [3.63, 3.8) is 0 Å². The molecule has 1 saturated heterocycles. The van der Waals surface area contributed by atoms with Crippen molar-refractivity contribution in [2.45, 2.75) is 50.6 Å². The molecule has 12 nitrogen and oxygen atoms in total. The van der Waals surface area contributed by atoms with Gasteiger partial charge < -0.3 is 10.2 Å². The number of aromatic amines is 1. The average Bonchev–Trinajstić information content (AvgIpc) is 3.73. The standard InChI is InChI=1S/C29H28BrCl2N9O3/c1-16(26(43)39-9-3-4-18(15-39)24-35-37-38-36-24)34-25(42)23-14-33-28-40(22-11-20(31)10-21(32)12-22)27(44)29(2,41(23)28)13-17-5-7-19(30)8-6-17/h5-8,10-12,14,16,18H,3-4,9,13,15H2,1-2H3,(H,34,42)(H,35,36,37,38)/t16-,18+,29+/m0/s1. The lowest BCUT2D eigenvalue weighted by Crippen LogP contribution is -2.50. The minimum Gasteiger partial charge on any atom is -0.340 e. The van der Waals surface area contributed by atoms with Gasteiger partial charge in [-0.25, -0.2) is 9.88 Å². The smallest absolute Gasteiger partial charge is 0.270 e. The van der Waals surface area contributed by atoms with Gasteiger partial charge in [0.05, 0.1) is 11.9 Å². The molecule has 6 rings (SSSR count). The van der Waals surface area contributed by atoms with Crippen molar-refractivity contribution in [3.8, 4) is 0 Å². The van der Waals surface area contributed by atoms with E-state index in [-0.39, 0.29) is 35.8 Å². The van der Waals surface area contributed by atoms with Gasteiger partial charge >= 0.3 is 0 Å². The maximum Gasteiger partial charge on any atom is 0.270 e. The monoisotopic (exact) mass is 699 g/mol. The molecule has 2 N–H and O–H groups in total. The first-order valence-electron chi connectivity index (χ1n) is 14.0. The number of halogens is 3. The van der Waals surface area contributed by atoms with E-state index in [0.717, 1.165) is 22.9 Å². The number of imidazole rings is 1. The maximum atomic E-state index is 14.2. The fourth-order valence-corrected chi connectivity index (χ4v) is 6.74. The Hall–Kier alpha value is -3.81. The molecule has 0 spiro atoms. The van der Waals surface area contributed by atoms with E-state index in [1.54, 1.807) is 41.5 Å². The van der Waals surface area contributed by atoms with Crippen LogP contribution in [0.3, 0.4) is 0 Å². The molecule has 2 aromatic heterocycles. The highest BCUT2D eigenvalue weighted by atomic mass is 79.9. The van der Waals surface area contributed by atoms with Crippen LogP contribution in [0.25, 0.3) is 0 Å². The van der Waals surface area contributed by atoms with Crippen molar-refractivity contribution < 1.29 is 14.4 Å². The number of anilines is 2. The molecular weight excluding hydrogens is 673 g/mol. The van der Waals surface area contributed by atoms with Crippen LogP contribution in [0.15, 0.2) is 53.1 Å². The molecule has 44 heavy (non-hydrogen) atoms. The molecule has 15 heteroatoms. The minimum atomic E-state index is -1.24. The van der Waals surface area contributed by atoms with Crippen LogP contribution in [0.4, 0.5) is 11.6 Å². The van der Waals surface area contributed by atoms with Crippen LogP contribution >= 0.6 is 39.1 Å². The zero-order chi connectivity index (χ0) is 31.2. The van der Waals surface area contributed by atoms with Gasteiger partial charge in [-0.3, -0.25) is 19.0 Å². The Labute approximate surface area is 271 Å². The van der Waals surface area contributed by atoms with E-state index >= 15 is 0 Å². The lowest BCUT2D eigenvalue weighted by molar-refractivity contribution is -0.134. The molecule has 2 aliphatic rings. The highest BCUT2D eigenvalue weighted by molar-refractivity contribution is 9.10. The summed E-state index contributed by atoms with van der Waals surface area (Å²) >= 11 is 16.0. The summed E-state index contributed by atoms with van der Waals surface area (Å²) in [5.41, 5.74) is 0.215. The highest BCUT2D eigenvalue weighted by Crippen LogP contribution is 2.43. The lowest BCUT2D eigenvalue weighted by Gasteiger charge is -2.33. The SMILES string of the molecule is C[C@H](NC(=O)c1cnc2n1[C@](C)(Cc1ccc(Br)cc1)C(=O)N2c1cc(Cl)cc(Cl)c1)C(=O)N1CCC[C@@H](c2nn[nH]n2)C1. The summed E-state index contributed by atoms with van der Waals surface area (Å²) in [6, 6.07) is 11.6. The molecule has 2 aromatic carbocycles. The highest BCUT2D eigenvalue weighted by Gasteiger charge is 2.51. The number of aromatic nitrogens is 6. The summed E-state index contributed by atoms with van der Waals surface area (Å²) in [5.74, 6) is -0.288. The minimum absolute atomic E-state index is 0.0382. The van der Waals surface area contributed by atoms with E-state index < -0.39 is 17.5 Å². The number of carbonyl (C=O) groups is 3. The number of piperidine rings is 1. The second-order valence-corrected chi connectivity index (χ2v) is 13.0. The number of amides is 3. The fourth-order valence-electron chi connectivity index (χ4n) is 5.97. The number of nitrogens with zero attached hydrogens (tertiary/aromatic N) is 7. The predicted octanol–water partition coefficient (Wildman–Crippen LogP) is 4.63. The molecular formula is C29H28BrCl2N9O3. The number of hydrogen-bond donors (Lipinski definition) is 2. The Bertz CT molecular complexity index is 1710. The number of rotatable bonds is 7. The third-order valence-electron chi connectivity index (χ3n) is 8.08. The summed E-state index contributed by atoms with van der Waals surface area (Å²) < 4.78 is 2.53. The first kappa shape index (κ1) is 30.2. The first-order valence-corrected chi connectivity index (χ1v) is 15.6. The number of nitrogens with one attached hydrogen (secondary N) is 2. The summed E-state index contributed by atoms with van der Waals surface area (Å²) in [5, 5.41) is 17.8. The van der Waals surface area contributed by atoms with Crippen LogP contribution in [0, 0.1) is 0 Å². The van der Waals surface area contributed by atoms with E-state index in [4.69, 9.17) is 23.2 Å². The zero-order valence-electron chi connectivity index (χ0n) is 23.8. The van der Waals surface area contributed by atoms with E-state index in [1.807, 2.05) is 24.3 Å². The molecule has 4 heterocycles. The number of likely N-dealkylation sites (tertiary alicyclic amines) is 1. The van der Waals surface area contributed by atoms with Gasteiger partial charge in [0, 0.05) is 39.9 Å². The molecule has 0 radical (unpaired) electrons. The van der Waals surface area contributed by atoms with Crippen LogP contribution in [0.2, 0.25) is 10.0 Å². The number of hydrogen-bond acceptors (Lipinski definition) is 7. The topological polar surface area (TPSA) is 142 Å². The largest absolute Gasteiger partial charge is 0.340 e. The molecule has 4 aromatic rings. The first-order chi connectivity index (χ1) is 21.0. The third-order valence-corrected chi connectivity index (χ3v) is 9.04. The summed E-state index contributed by atoms with van der Waals surface area (Å²) in [4.78, 5) is 49.1. The third kappa shape index (κ3) is 5.59. The fraction of sp³-hybridized carbons (Fsp3) is 0.345. The Kier molecular flexibility index (Phi) is 8.20. The quantitative estimate of drug-likeness (QED) is 0.286. The van der Waals surface area contributed by atoms with Crippen molar-refractivity contribution >= 4 is 68.5 Å². The van der Waals surface area contributed by atoms with E-state index in [9.17, 15) is 14.4 Å². The van der Waals surface area contributed by atoms with Crippen molar-refractivity contribution in [2.24, 2.45) is 0 Å². The Morgan fingerprint density at radius 1 is 1.18 bits per heavy atom.